The highest BCUT2D eigenvalue weighted by atomic mass is 16.5. The first-order chi connectivity index (χ1) is 9.25. The highest BCUT2D eigenvalue weighted by Gasteiger charge is 2.21. The summed E-state index contributed by atoms with van der Waals surface area (Å²) in [5.74, 6) is 0.951. The van der Waals surface area contributed by atoms with E-state index in [1.54, 1.807) is 0 Å². The molecule has 2 aliphatic heterocycles. The predicted molar refractivity (Wildman–Crippen MR) is 76.0 cm³/mol. The molecule has 0 unspecified atom stereocenters. The topological polar surface area (TPSA) is 50.4 Å². The Morgan fingerprint density at radius 3 is 2.79 bits per heavy atom. The third-order valence-corrected chi connectivity index (χ3v) is 4.40. The molecule has 0 bridgehead atoms. The smallest absolute Gasteiger partial charge is 0.222 e. The molecule has 0 spiro atoms. The molecule has 19 heavy (non-hydrogen) atoms. The molecule has 2 rings (SSSR count). The van der Waals surface area contributed by atoms with Crippen molar-refractivity contribution in [2.45, 2.75) is 51.5 Å². The number of carbonyl (C=O) groups is 1. The zero-order chi connectivity index (χ0) is 13.5. The van der Waals surface area contributed by atoms with Crippen LogP contribution in [-0.4, -0.2) is 38.3 Å². The molecule has 2 saturated heterocycles. The molecule has 2 heterocycles. The standard InChI is InChI=1S/C15H28N2O2/c1-12(10-14-4-2-3-7-16-14)15(18)17-11-13-5-8-19-9-6-13/h12-14,16H,2-11H2,1H3,(H,17,18)/t12-,14-/m0/s1. The largest absolute Gasteiger partial charge is 0.381 e. The van der Waals surface area contributed by atoms with E-state index in [2.05, 4.69) is 17.6 Å². The quantitative estimate of drug-likeness (QED) is 0.798. The fourth-order valence-corrected chi connectivity index (χ4v) is 3.03. The van der Waals surface area contributed by atoms with E-state index in [1.807, 2.05) is 0 Å². The maximum atomic E-state index is 12.1. The van der Waals surface area contributed by atoms with Gasteiger partial charge in [-0.2, -0.15) is 0 Å². The third-order valence-electron chi connectivity index (χ3n) is 4.40. The lowest BCUT2D eigenvalue weighted by molar-refractivity contribution is -0.125. The van der Waals surface area contributed by atoms with E-state index in [0.29, 0.717) is 12.0 Å². The molecular formula is C15H28N2O2. The summed E-state index contributed by atoms with van der Waals surface area (Å²) in [5.41, 5.74) is 0. The summed E-state index contributed by atoms with van der Waals surface area (Å²) in [6, 6.07) is 0.539. The van der Waals surface area contributed by atoms with Crippen molar-refractivity contribution in [2.75, 3.05) is 26.3 Å². The third kappa shape index (κ3) is 5.11. The highest BCUT2D eigenvalue weighted by molar-refractivity contribution is 5.78. The number of carbonyl (C=O) groups excluding carboxylic acids is 1. The van der Waals surface area contributed by atoms with Crippen molar-refractivity contribution in [1.82, 2.24) is 10.6 Å². The first kappa shape index (κ1) is 14.8. The molecule has 0 aliphatic carbocycles. The van der Waals surface area contributed by atoms with Gasteiger partial charge in [-0.3, -0.25) is 4.79 Å². The summed E-state index contributed by atoms with van der Waals surface area (Å²) >= 11 is 0. The van der Waals surface area contributed by atoms with E-state index in [9.17, 15) is 4.79 Å². The fraction of sp³-hybridized carbons (Fsp3) is 0.933. The second-order valence-corrected chi connectivity index (χ2v) is 6.08. The van der Waals surface area contributed by atoms with Gasteiger partial charge in [-0.1, -0.05) is 13.3 Å². The lowest BCUT2D eigenvalue weighted by Crippen LogP contribution is -2.40. The van der Waals surface area contributed by atoms with Crippen LogP contribution in [0.25, 0.3) is 0 Å². The normalized spacial score (nSPS) is 26.9. The number of ether oxygens (including phenoxy) is 1. The lowest BCUT2D eigenvalue weighted by atomic mass is 9.94. The van der Waals surface area contributed by atoms with Gasteiger partial charge in [0, 0.05) is 31.7 Å². The van der Waals surface area contributed by atoms with Crippen molar-refractivity contribution >= 4 is 5.91 Å². The van der Waals surface area contributed by atoms with Crippen LogP contribution < -0.4 is 10.6 Å². The van der Waals surface area contributed by atoms with Gasteiger partial charge in [0.25, 0.3) is 0 Å². The lowest BCUT2D eigenvalue weighted by Gasteiger charge is -2.26. The Balaban J connectivity index is 1.63. The maximum absolute atomic E-state index is 12.1. The molecular weight excluding hydrogens is 240 g/mol. The summed E-state index contributed by atoms with van der Waals surface area (Å²) in [6.07, 6.45) is 6.93. The second-order valence-electron chi connectivity index (χ2n) is 6.08. The van der Waals surface area contributed by atoms with Gasteiger partial charge in [-0.15, -0.1) is 0 Å². The minimum Gasteiger partial charge on any atom is -0.381 e. The summed E-state index contributed by atoms with van der Waals surface area (Å²) in [6.45, 7) is 5.69. The molecule has 2 fully saturated rings. The first-order valence-electron chi connectivity index (χ1n) is 7.84. The monoisotopic (exact) mass is 268 g/mol. The van der Waals surface area contributed by atoms with Crippen LogP contribution >= 0.6 is 0 Å². The molecule has 0 saturated carbocycles. The van der Waals surface area contributed by atoms with E-state index in [1.165, 1.54) is 19.3 Å². The van der Waals surface area contributed by atoms with Crippen LogP contribution in [0.1, 0.15) is 45.4 Å². The number of rotatable bonds is 5. The van der Waals surface area contributed by atoms with Gasteiger partial charge >= 0.3 is 0 Å². The maximum Gasteiger partial charge on any atom is 0.222 e. The molecule has 2 N–H and O–H groups in total. The van der Waals surface area contributed by atoms with E-state index in [-0.39, 0.29) is 11.8 Å². The van der Waals surface area contributed by atoms with Gasteiger partial charge in [0.05, 0.1) is 0 Å². The van der Waals surface area contributed by atoms with Crippen molar-refractivity contribution in [3.05, 3.63) is 0 Å². The zero-order valence-electron chi connectivity index (χ0n) is 12.1. The Morgan fingerprint density at radius 1 is 1.32 bits per heavy atom. The molecule has 0 radical (unpaired) electrons. The van der Waals surface area contributed by atoms with E-state index >= 15 is 0 Å². The number of hydrogen-bond acceptors (Lipinski definition) is 3. The minimum atomic E-state index is 0.121. The van der Waals surface area contributed by atoms with Crippen molar-refractivity contribution in [3.8, 4) is 0 Å². The molecule has 4 heteroatoms. The Bertz CT molecular complexity index is 271. The second kappa shape index (κ2) is 7.85. The molecule has 4 nitrogen and oxygen atoms in total. The molecule has 0 aromatic rings. The van der Waals surface area contributed by atoms with Crippen molar-refractivity contribution in [1.29, 1.82) is 0 Å². The Hall–Kier alpha value is -0.610. The predicted octanol–water partition coefficient (Wildman–Crippen LogP) is 1.70. The van der Waals surface area contributed by atoms with Crippen molar-refractivity contribution < 1.29 is 9.53 Å². The molecule has 2 atom stereocenters. The molecule has 110 valence electrons. The van der Waals surface area contributed by atoms with Crippen molar-refractivity contribution in [2.24, 2.45) is 11.8 Å². The fourth-order valence-electron chi connectivity index (χ4n) is 3.03. The first-order valence-corrected chi connectivity index (χ1v) is 7.84. The van der Waals surface area contributed by atoms with E-state index < -0.39 is 0 Å². The van der Waals surface area contributed by atoms with Gasteiger partial charge in [0.2, 0.25) is 5.91 Å². The SMILES string of the molecule is C[C@@H](C[C@@H]1CCCCN1)C(=O)NCC1CCOCC1. The minimum absolute atomic E-state index is 0.121. The van der Waals surface area contributed by atoms with Crippen LogP contribution in [0.2, 0.25) is 0 Å². The van der Waals surface area contributed by atoms with Gasteiger partial charge < -0.3 is 15.4 Å². The number of nitrogens with one attached hydrogen (secondary N) is 2. The van der Waals surface area contributed by atoms with Crippen LogP contribution in [0.4, 0.5) is 0 Å². The zero-order valence-corrected chi connectivity index (χ0v) is 12.1. The van der Waals surface area contributed by atoms with Gasteiger partial charge in [-0.25, -0.2) is 0 Å². The number of amides is 1. The number of hydrogen-bond donors (Lipinski definition) is 2. The van der Waals surface area contributed by atoms with E-state index in [0.717, 1.165) is 45.6 Å². The van der Waals surface area contributed by atoms with Crippen LogP contribution in [0.15, 0.2) is 0 Å². The average molecular weight is 268 g/mol. The Labute approximate surface area is 116 Å². The molecule has 2 aliphatic rings. The van der Waals surface area contributed by atoms with Gasteiger partial charge in [-0.05, 0) is 44.6 Å². The Morgan fingerprint density at radius 2 is 2.11 bits per heavy atom. The molecule has 0 aromatic heterocycles. The van der Waals surface area contributed by atoms with Crippen LogP contribution in [0.5, 0.6) is 0 Å². The van der Waals surface area contributed by atoms with Crippen LogP contribution in [0, 0.1) is 11.8 Å². The molecule has 0 aromatic carbocycles. The summed E-state index contributed by atoms with van der Waals surface area (Å²) in [7, 11) is 0. The average Bonchev–Trinajstić information content (AvgIpc) is 2.47. The van der Waals surface area contributed by atoms with Crippen molar-refractivity contribution in [3.63, 3.8) is 0 Å². The summed E-state index contributed by atoms with van der Waals surface area (Å²) in [5, 5.41) is 6.63. The van der Waals surface area contributed by atoms with E-state index in [4.69, 9.17) is 4.74 Å². The highest BCUT2D eigenvalue weighted by Crippen LogP contribution is 2.16. The Kier molecular flexibility index (Phi) is 6.11. The van der Waals surface area contributed by atoms with Gasteiger partial charge in [0.15, 0.2) is 0 Å². The van der Waals surface area contributed by atoms with Gasteiger partial charge in [0.1, 0.15) is 0 Å². The van der Waals surface area contributed by atoms with Crippen LogP contribution in [0.3, 0.4) is 0 Å². The van der Waals surface area contributed by atoms with Crippen LogP contribution in [-0.2, 0) is 9.53 Å². The molecule has 1 amide bonds. The summed E-state index contributed by atoms with van der Waals surface area (Å²) < 4.78 is 5.33. The summed E-state index contributed by atoms with van der Waals surface area (Å²) in [4.78, 5) is 12.1. The number of piperidine rings is 1.